The number of esters is 1. The number of aliphatic imine (C=N–C) groups is 1. The molecule has 7 nitrogen and oxygen atoms in total. The lowest BCUT2D eigenvalue weighted by Crippen LogP contribution is -2.59. The summed E-state index contributed by atoms with van der Waals surface area (Å²) in [4.78, 5) is 29.7. The fourth-order valence-corrected chi connectivity index (χ4v) is 4.90. The Kier molecular flexibility index (Phi) is 7.06. The molecule has 0 radical (unpaired) electrons. The van der Waals surface area contributed by atoms with Crippen LogP contribution >= 0.6 is 0 Å². The van der Waals surface area contributed by atoms with Crippen molar-refractivity contribution in [2.45, 2.75) is 86.8 Å². The average Bonchev–Trinajstić information content (AvgIpc) is 2.60. The number of carbonyl (C=O) groups excluding carboxylic acids is 2. The van der Waals surface area contributed by atoms with Crippen molar-refractivity contribution in [3.05, 3.63) is 11.3 Å². The molecule has 7 heteroatoms. The smallest absolute Gasteiger partial charge is 0.306 e. The molecule has 0 aromatic rings. The zero-order valence-electron chi connectivity index (χ0n) is 19.8. The van der Waals surface area contributed by atoms with Gasteiger partial charge < -0.3 is 9.84 Å². The molecule has 30 heavy (non-hydrogen) atoms. The summed E-state index contributed by atoms with van der Waals surface area (Å²) < 4.78 is 5.93. The van der Waals surface area contributed by atoms with Gasteiger partial charge in [-0.25, -0.2) is 5.84 Å². The van der Waals surface area contributed by atoms with Crippen LogP contribution in [0, 0.1) is 22.7 Å². The Morgan fingerprint density at radius 1 is 1.23 bits per heavy atom. The number of nitrogens with two attached hydrogens (primary N) is 1. The highest BCUT2D eigenvalue weighted by Gasteiger charge is 2.51. The summed E-state index contributed by atoms with van der Waals surface area (Å²) in [7, 11) is 0. The lowest BCUT2D eigenvalue weighted by Gasteiger charge is -2.52. The molecule has 0 aromatic carbocycles. The number of rotatable bonds is 5. The molecule has 1 heterocycles. The van der Waals surface area contributed by atoms with Crippen molar-refractivity contribution in [2.75, 3.05) is 6.54 Å². The molecular formula is C23H39N3O4. The van der Waals surface area contributed by atoms with Gasteiger partial charge in [0, 0.05) is 35.8 Å². The Morgan fingerprint density at radius 3 is 2.27 bits per heavy atom. The minimum Gasteiger partial charge on any atom is -0.506 e. The molecule has 2 aliphatic rings. The topological polar surface area (TPSA) is 105 Å². The van der Waals surface area contributed by atoms with Gasteiger partial charge in [-0.2, -0.15) is 0 Å². The van der Waals surface area contributed by atoms with Crippen molar-refractivity contribution in [2.24, 2.45) is 33.5 Å². The van der Waals surface area contributed by atoms with E-state index in [-0.39, 0.29) is 52.3 Å². The molecule has 3 N–H and O–H groups in total. The second-order valence-corrected chi connectivity index (χ2v) is 10.8. The van der Waals surface area contributed by atoms with E-state index in [0.717, 1.165) is 5.57 Å². The monoisotopic (exact) mass is 421 g/mol. The highest BCUT2D eigenvalue weighted by Crippen LogP contribution is 2.49. The number of carbonyl (C=O) groups is 2. The first kappa shape index (κ1) is 24.4. The molecule has 1 unspecified atom stereocenters. The first-order chi connectivity index (χ1) is 13.7. The summed E-state index contributed by atoms with van der Waals surface area (Å²) >= 11 is 0. The molecule has 1 saturated carbocycles. The number of aliphatic hydroxyl groups excluding tert-OH is 1. The highest BCUT2D eigenvalue weighted by atomic mass is 16.5. The Balaban J connectivity index is 2.19. The van der Waals surface area contributed by atoms with Crippen LogP contribution in [0.1, 0.15) is 74.7 Å². The normalized spacial score (nSPS) is 28.2. The number of aliphatic hydroxyl groups is 1. The van der Waals surface area contributed by atoms with Gasteiger partial charge in [0.15, 0.2) is 5.71 Å². The molecule has 0 saturated heterocycles. The van der Waals surface area contributed by atoms with Crippen LogP contribution in [0.15, 0.2) is 16.3 Å². The van der Waals surface area contributed by atoms with Crippen LogP contribution in [-0.4, -0.2) is 46.4 Å². The third kappa shape index (κ3) is 5.05. The number of hydrogen-bond acceptors (Lipinski definition) is 6. The van der Waals surface area contributed by atoms with Gasteiger partial charge >= 0.3 is 5.97 Å². The Bertz CT molecular complexity index is 734. The number of dihydropyridines is 1. The summed E-state index contributed by atoms with van der Waals surface area (Å²) in [5.41, 5.74) is 0.0544. The Labute approximate surface area is 180 Å². The van der Waals surface area contributed by atoms with Gasteiger partial charge in [0.05, 0.1) is 0 Å². The van der Waals surface area contributed by atoms with Crippen molar-refractivity contribution in [3.63, 3.8) is 0 Å². The zero-order chi connectivity index (χ0) is 23.0. The van der Waals surface area contributed by atoms with E-state index in [4.69, 9.17) is 10.6 Å². The average molecular weight is 422 g/mol. The lowest BCUT2D eigenvalue weighted by molar-refractivity contribution is -0.178. The van der Waals surface area contributed by atoms with E-state index in [0.29, 0.717) is 25.8 Å². The maximum Gasteiger partial charge on any atom is 0.306 e. The van der Waals surface area contributed by atoms with Crippen LogP contribution in [0.3, 0.4) is 0 Å². The van der Waals surface area contributed by atoms with E-state index in [1.807, 2.05) is 55.4 Å². The molecule has 1 atom stereocenters. The number of amides is 1. The van der Waals surface area contributed by atoms with Crippen LogP contribution in [-0.2, 0) is 14.3 Å². The van der Waals surface area contributed by atoms with E-state index in [2.05, 4.69) is 4.99 Å². The van der Waals surface area contributed by atoms with Gasteiger partial charge in [-0.1, -0.05) is 48.5 Å². The minimum atomic E-state index is -0.467. The van der Waals surface area contributed by atoms with Crippen LogP contribution < -0.4 is 5.84 Å². The largest absolute Gasteiger partial charge is 0.506 e. The van der Waals surface area contributed by atoms with Crippen molar-refractivity contribution in [3.8, 4) is 0 Å². The van der Waals surface area contributed by atoms with Crippen molar-refractivity contribution >= 4 is 17.6 Å². The van der Waals surface area contributed by atoms with E-state index >= 15 is 0 Å². The summed E-state index contributed by atoms with van der Waals surface area (Å²) in [6, 6.07) is -0.252. The zero-order valence-corrected chi connectivity index (χ0v) is 19.8. The first-order valence-corrected chi connectivity index (χ1v) is 10.9. The van der Waals surface area contributed by atoms with E-state index in [1.165, 1.54) is 5.01 Å². The van der Waals surface area contributed by atoms with Gasteiger partial charge in [0.25, 0.3) is 5.91 Å². The maximum absolute atomic E-state index is 13.1. The van der Waals surface area contributed by atoms with Crippen LogP contribution in [0.2, 0.25) is 0 Å². The molecule has 1 aliphatic heterocycles. The number of ether oxygens (including phenoxy) is 1. The predicted octanol–water partition coefficient (Wildman–Crippen LogP) is 3.78. The molecule has 2 rings (SSSR count). The first-order valence-electron chi connectivity index (χ1n) is 10.9. The second kappa shape index (κ2) is 8.69. The van der Waals surface area contributed by atoms with Gasteiger partial charge in [-0.15, -0.1) is 0 Å². The van der Waals surface area contributed by atoms with Crippen molar-refractivity contribution in [1.82, 2.24) is 5.01 Å². The fraction of sp³-hybridized carbons (Fsp3) is 0.783. The molecule has 0 bridgehead atoms. The summed E-state index contributed by atoms with van der Waals surface area (Å²) in [5, 5.41) is 11.6. The van der Waals surface area contributed by atoms with Crippen LogP contribution in [0.4, 0.5) is 0 Å². The van der Waals surface area contributed by atoms with Gasteiger partial charge in [-0.3, -0.25) is 19.6 Å². The molecule has 1 amide bonds. The molecule has 1 fully saturated rings. The summed E-state index contributed by atoms with van der Waals surface area (Å²) in [5.74, 6) is 5.90. The van der Waals surface area contributed by atoms with E-state index in [1.54, 1.807) is 0 Å². The molecule has 170 valence electrons. The van der Waals surface area contributed by atoms with Gasteiger partial charge in [-0.05, 0) is 31.3 Å². The lowest BCUT2D eigenvalue weighted by atomic mass is 9.61. The maximum atomic E-state index is 13.1. The molecular weight excluding hydrogens is 382 g/mol. The minimum absolute atomic E-state index is 0.0363. The Hall–Kier alpha value is -1.89. The van der Waals surface area contributed by atoms with Gasteiger partial charge in [0.1, 0.15) is 11.9 Å². The summed E-state index contributed by atoms with van der Waals surface area (Å²) in [6.45, 7) is 16.4. The second-order valence-electron chi connectivity index (χ2n) is 10.8. The third-order valence-electron chi connectivity index (χ3n) is 6.46. The van der Waals surface area contributed by atoms with Crippen molar-refractivity contribution < 1.29 is 19.4 Å². The number of nitrogens with zero attached hydrogens (tertiary/aromatic N) is 2. The third-order valence-corrected chi connectivity index (χ3v) is 6.46. The highest BCUT2D eigenvalue weighted by molar-refractivity contribution is 6.44. The standard InChI is InChI=1S/C23H39N3O4/c1-13(2)9-17(27)30-21-22(5,6)10-16(11-23(21,7)8)26(24)20(29)18-19(28)15(4)14(3)12-25-18/h13-14,16,21,28H,9-12,24H2,1-8H3. The van der Waals surface area contributed by atoms with Crippen molar-refractivity contribution in [1.29, 1.82) is 0 Å². The molecule has 0 spiro atoms. The molecule has 1 aliphatic carbocycles. The van der Waals surface area contributed by atoms with Crippen LogP contribution in [0.25, 0.3) is 0 Å². The number of hydrogen-bond donors (Lipinski definition) is 2. The van der Waals surface area contributed by atoms with Gasteiger partial charge in [0.2, 0.25) is 0 Å². The quantitative estimate of drug-likeness (QED) is 0.304. The number of hydrazine groups is 1. The molecule has 0 aromatic heterocycles. The van der Waals surface area contributed by atoms with E-state index in [9.17, 15) is 14.7 Å². The predicted molar refractivity (Wildman–Crippen MR) is 118 cm³/mol. The van der Waals surface area contributed by atoms with E-state index < -0.39 is 5.91 Å². The SMILES string of the molecule is CC1=C(O)C(C(=O)N(N)C2CC(C)(C)C(OC(=O)CC(C)C)C(C)(C)C2)=NCC1C. The fourth-order valence-electron chi connectivity index (χ4n) is 4.90. The van der Waals surface area contributed by atoms with Crippen LogP contribution in [0.5, 0.6) is 0 Å². The summed E-state index contributed by atoms with van der Waals surface area (Å²) in [6.07, 6.45) is 1.28. The Morgan fingerprint density at radius 2 is 1.77 bits per heavy atom.